The summed E-state index contributed by atoms with van der Waals surface area (Å²) in [7, 11) is -3.18. The van der Waals surface area contributed by atoms with Gasteiger partial charge in [-0.05, 0) is 26.2 Å². The molecule has 0 amide bonds. The fraction of sp³-hybridized carbons (Fsp3) is 1.00. The van der Waals surface area contributed by atoms with E-state index in [-0.39, 0.29) is 11.9 Å². The zero-order valence-electron chi connectivity index (χ0n) is 10.2. The molecule has 1 saturated heterocycles. The minimum atomic E-state index is -3.18. The van der Waals surface area contributed by atoms with Crippen LogP contribution in [0.15, 0.2) is 0 Å². The van der Waals surface area contributed by atoms with Crippen molar-refractivity contribution < 1.29 is 8.42 Å². The summed E-state index contributed by atoms with van der Waals surface area (Å²) in [6, 6.07) is 0.203. The number of sulfonamides is 1. The summed E-state index contributed by atoms with van der Waals surface area (Å²) in [5.41, 5.74) is 0. The minimum Gasteiger partial charge on any atom is -0.212 e. The Morgan fingerprint density at radius 2 is 2.12 bits per heavy atom. The molecule has 0 spiro atoms. The van der Waals surface area contributed by atoms with Crippen LogP contribution in [0.3, 0.4) is 0 Å². The van der Waals surface area contributed by atoms with Crippen LogP contribution in [0.4, 0.5) is 0 Å². The third-order valence-electron chi connectivity index (χ3n) is 3.25. The molecule has 1 fully saturated rings. The minimum absolute atomic E-state index is 0.178. The van der Waals surface area contributed by atoms with Crippen LogP contribution in [0, 0.1) is 0 Å². The summed E-state index contributed by atoms with van der Waals surface area (Å²) in [5.74, 6) is 0.178. The third kappa shape index (κ3) is 3.11. The van der Waals surface area contributed by atoms with Gasteiger partial charge < -0.3 is 0 Å². The quantitative estimate of drug-likeness (QED) is 0.718. The molecule has 0 aromatic rings. The smallest absolute Gasteiger partial charge is 0.212 e. The molecule has 5 heteroatoms. The largest absolute Gasteiger partial charge is 0.218 e. The third-order valence-corrected chi connectivity index (χ3v) is 6.21. The second-order valence-corrected chi connectivity index (χ2v) is 7.17. The van der Waals surface area contributed by atoms with Gasteiger partial charge in [0.1, 0.15) is 0 Å². The van der Waals surface area contributed by atoms with Crippen molar-refractivity contribution in [3.8, 4) is 0 Å². The molecule has 1 aliphatic rings. The predicted octanol–water partition coefficient (Wildman–Crippen LogP) is 2.60. The fourth-order valence-electron chi connectivity index (χ4n) is 2.24. The molecule has 1 rings (SSSR count). The van der Waals surface area contributed by atoms with Crippen molar-refractivity contribution in [1.82, 2.24) is 4.31 Å². The second kappa shape index (κ2) is 6.22. The topological polar surface area (TPSA) is 37.4 Å². The van der Waals surface area contributed by atoms with Gasteiger partial charge in [0.25, 0.3) is 0 Å². The van der Waals surface area contributed by atoms with Crippen LogP contribution in [-0.4, -0.2) is 36.4 Å². The molecule has 2 unspecified atom stereocenters. The SMILES string of the molecule is CCCC1CCCCN1S(=O)(=O)C(C)CCl. The Morgan fingerprint density at radius 1 is 1.44 bits per heavy atom. The maximum Gasteiger partial charge on any atom is 0.218 e. The lowest BCUT2D eigenvalue weighted by atomic mass is 10.0. The van der Waals surface area contributed by atoms with E-state index in [4.69, 9.17) is 11.6 Å². The highest BCUT2D eigenvalue weighted by molar-refractivity contribution is 7.89. The van der Waals surface area contributed by atoms with E-state index in [1.165, 1.54) is 0 Å². The Balaban J connectivity index is 2.82. The summed E-state index contributed by atoms with van der Waals surface area (Å²) in [6.07, 6.45) is 5.13. The van der Waals surface area contributed by atoms with Gasteiger partial charge in [-0.25, -0.2) is 8.42 Å². The van der Waals surface area contributed by atoms with Gasteiger partial charge in [-0.2, -0.15) is 4.31 Å². The van der Waals surface area contributed by atoms with Crippen LogP contribution in [0.25, 0.3) is 0 Å². The Morgan fingerprint density at radius 3 is 2.69 bits per heavy atom. The fourth-order valence-corrected chi connectivity index (χ4v) is 4.35. The van der Waals surface area contributed by atoms with Crippen molar-refractivity contribution in [2.24, 2.45) is 0 Å². The molecule has 2 atom stereocenters. The van der Waals surface area contributed by atoms with Crippen molar-refractivity contribution in [2.75, 3.05) is 12.4 Å². The van der Waals surface area contributed by atoms with Gasteiger partial charge >= 0.3 is 0 Å². The van der Waals surface area contributed by atoms with Gasteiger partial charge in [0.2, 0.25) is 10.0 Å². The van der Waals surface area contributed by atoms with E-state index in [1.54, 1.807) is 11.2 Å². The average Bonchev–Trinajstić information content (AvgIpc) is 2.29. The maximum absolute atomic E-state index is 12.2. The normalized spacial score (nSPS) is 25.6. The molecule has 1 aliphatic heterocycles. The van der Waals surface area contributed by atoms with Gasteiger partial charge in [0.15, 0.2) is 0 Å². The van der Waals surface area contributed by atoms with Crippen LogP contribution in [0.2, 0.25) is 0 Å². The van der Waals surface area contributed by atoms with Crippen molar-refractivity contribution in [2.45, 2.75) is 57.2 Å². The lowest BCUT2D eigenvalue weighted by Crippen LogP contribution is -2.47. The number of piperidine rings is 1. The van der Waals surface area contributed by atoms with Gasteiger partial charge in [0.05, 0.1) is 5.25 Å². The molecule has 0 aromatic heterocycles. The zero-order valence-corrected chi connectivity index (χ0v) is 11.7. The monoisotopic (exact) mass is 267 g/mol. The van der Waals surface area contributed by atoms with Crippen LogP contribution in [-0.2, 0) is 10.0 Å². The molecule has 16 heavy (non-hydrogen) atoms. The first-order valence-corrected chi connectivity index (χ1v) is 8.14. The van der Waals surface area contributed by atoms with E-state index in [0.717, 1.165) is 32.1 Å². The molecular weight excluding hydrogens is 246 g/mol. The Bertz CT molecular complexity index is 303. The average molecular weight is 268 g/mol. The van der Waals surface area contributed by atoms with E-state index in [2.05, 4.69) is 6.92 Å². The summed E-state index contributed by atoms with van der Waals surface area (Å²) in [5, 5.41) is -0.466. The molecule has 0 aromatic carbocycles. The summed E-state index contributed by atoms with van der Waals surface area (Å²) in [4.78, 5) is 0. The molecule has 3 nitrogen and oxygen atoms in total. The number of halogens is 1. The highest BCUT2D eigenvalue weighted by Gasteiger charge is 2.34. The van der Waals surface area contributed by atoms with Gasteiger partial charge in [-0.3, -0.25) is 0 Å². The first kappa shape index (κ1) is 14.3. The Kier molecular flexibility index (Phi) is 5.54. The van der Waals surface area contributed by atoms with Gasteiger partial charge in [-0.1, -0.05) is 19.8 Å². The van der Waals surface area contributed by atoms with E-state index in [1.807, 2.05) is 0 Å². The number of hydrogen-bond donors (Lipinski definition) is 0. The number of alkyl halides is 1. The standard InChI is InChI=1S/C11H22ClNO2S/c1-3-6-11-7-4-5-8-13(11)16(14,15)10(2)9-12/h10-11H,3-9H2,1-2H3. The van der Waals surface area contributed by atoms with E-state index in [0.29, 0.717) is 6.54 Å². The molecule has 1 heterocycles. The van der Waals surface area contributed by atoms with Crippen LogP contribution in [0.5, 0.6) is 0 Å². The number of hydrogen-bond acceptors (Lipinski definition) is 2. The van der Waals surface area contributed by atoms with Crippen molar-refractivity contribution in [1.29, 1.82) is 0 Å². The zero-order chi connectivity index (χ0) is 12.2. The number of nitrogens with zero attached hydrogens (tertiary/aromatic N) is 1. The second-order valence-electron chi connectivity index (χ2n) is 4.56. The maximum atomic E-state index is 12.2. The lowest BCUT2D eigenvalue weighted by Gasteiger charge is -2.36. The molecule has 0 saturated carbocycles. The first-order chi connectivity index (χ1) is 7.54. The molecule has 0 N–H and O–H groups in total. The summed E-state index contributed by atoms with van der Waals surface area (Å²) < 4.78 is 26.2. The van der Waals surface area contributed by atoms with Crippen molar-refractivity contribution >= 4 is 21.6 Å². The molecular formula is C11H22ClNO2S. The molecule has 0 bridgehead atoms. The molecule has 0 radical (unpaired) electrons. The lowest BCUT2D eigenvalue weighted by molar-refractivity contribution is 0.238. The van der Waals surface area contributed by atoms with Crippen LogP contribution >= 0.6 is 11.6 Å². The first-order valence-electron chi connectivity index (χ1n) is 6.10. The number of rotatable bonds is 5. The molecule has 96 valence electrons. The van der Waals surface area contributed by atoms with E-state index >= 15 is 0 Å². The highest BCUT2D eigenvalue weighted by atomic mass is 35.5. The summed E-state index contributed by atoms with van der Waals surface area (Å²) >= 11 is 5.67. The van der Waals surface area contributed by atoms with Crippen molar-refractivity contribution in [3.05, 3.63) is 0 Å². The summed E-state index contributed by atoms with van der Waals surface area (Å²) in [6.45, 7) is 4.47. The predicted molar refractivity (Wildman–Crippen MR) is 68.4 cm³/mol. The Labute approximate surface area is 104 Å². The Hall–Kier alpha value is 0.200. The van der Waals surface area contributed by atoms with Crippen molar-refractivity contribution in [3.63, 3.8) is 0 Å². The van der Waals surface area contributed by atoms with Crippen LogP contribution in [0.1, 0.15) is 46.0 Å². The van der Waals surface area contributed by atoms with Gasteiger partial charge in [-0.15, -0.1) is 11.6 Å². The van der Waals surface area contributed by atoms with Crippen LogP contribution < -0.4 is 0 Å². The van der Waals surface area contributed by atoms with E-state index in [9.17, 15) is 8.42 Å². The van der Waals surface area contributed by atoms with E-state index < -0.39 is 15.3 Å². The molecule has 0 aliphatic carbocycles. The highest BCUT2D eigenvalue weighted by Crippen LogP contribution is 2.26. The van der Waals surface area contributed by atoms with Gasteiger partial charge in [0, 0.05) is 18.5 Å².